The third kappa shape index (κ3) is 4.84. The maximum Gasteiger partial charge on any atom is 0.257 e. The van der Waals surface area contributed by atoms with E-state index < -0.39 is 0 Å². The zero-order chi connectivity index (χ0) is 18.2. The summed E-state index contributed by atoms with van der Waals surface area (Å²) < 4.78 is 10.4. The first-order valence-corrected chi connectivity index (χ1v) is 8.08. The SMILES string of the molecule is CCCN(CC(=O)Nc1ccccc1OC)C(=O)c1coc(CN)c1. The maximum atomic E-state index is 12.6. The molecule has 0 saturated carbocycles. The summed E-state index contributed by atoms with van der Waals surface area (Å²) in [7, 11) is 1.53. The number of para-hydroxylation sites is 2. The third-order valence-electron chi connectivity index (χ3n) is 3.60. The van der Waals surface area contributed by atoms with E-state index in [-0.39, 0.29) is 24.9 Å². The van der Waals surface area contributed by atoms with Crippen molar-refractivity contribution in [2.24, 2.45) is 5.73 Å². The van der Waals surface area contributed by atoms with Gasteiger partial charge in [0.25, 0.3) is 5.91 Å². The number of ether oxygens (including phenoxy) is 1. The Morgan fingerprint density at radius 1 is 1.32 bits per heavy atom. The summed E-state index contributed by atoms with van der Waals surface area (Å²) in [5.41, 5.74) is 6.45. The fourth-order valence-corrected chi connectivity index (χ4v) is 2.42. The molecule has 7 heteroatoms. The van der Waals surface area contributed by atoms with E-state index >= 15 is 0 Å². The van der Waals surface area contributed by atoms with Gasteiger partial charge < -0.3 is 25.1 Å². The van der Waals surface area contributed by atoms with Gasteiger partial charge in [0.2, 0.25) is 5.91 Å². The minimum Gasteiger partial charge on any atom is -0.495 e. The summed E-state index contributed by atoms with van der Waals surface area (Å²) in [6, 6.07) is 8.71. The van der Waals surface area contributed by atoms with Crippen molar-refractivity contribution >= 4 is 17.5 Å². The molecule has 0 spiro atoms. The Morgan fingerprint density at radius 2 is 2.08 bits per heavy atom. The van der Waals surface area contributed by atoms with E-state index in [4.69, 9.17) is 14.9 Å². The Kier molecular flexibility index (Phi) is 6.59. The third-order valence-corrected chi connectivity index (χ3v) is 3.60. The van der Waals surface area contributed by atoms with Gasteiger partial charge in [0, 0.05) is 6.54 Å². The van der Waals surface area contributed by atoms with Crippen LogP contribution in [0.25, 0.3) is 0 Å². The average molecular weight is 345 g/mol. The lowest BCUT2D eigenvalue weighted by Crippen LogP contribution is -2.38. The molecule has 3 N–H and O–H groups in total. The molecule has 2 amide bonds. The van der Waals surface area contributed by atoms with E-state index in [1.54, 1.807) is 24.3 Å². The summed E-state index contributed by atoms with van der Waals surface area (Å²) in [6.45, 7) is 2.56. The fraction of sp³-hybridized carbons (Fsp3) is 0.333. The van der Waals surface area contributed by atoms with Crippen LogP contribution in [0.3, 0.4) is 0 Å². The van der Waals surface area contributed by atoms with E-state index in [0.717, 1.165) is 6.42 Å². The number of anilines is 1. The van der Waals surface area contributed by atoms with E-state index in [1.807, 2.05) is 13.0 Å². The van der Waals surface area contributed by atoms with Crippen LogP contribution in [0.2, 0.25) is 0 Å². The Bertz CT molecular complexity index is 727. The van der Waals surface area contributed by atoms with Crippen LogP contribution in [0.4, 0.5) is 5.69 Å². The zero-order valence-electron chi connectivity index (χ0n) is 14.5. The molecule has 0 aliphatic heterocycles. The minimum absolute atomic E-state index is 0.0616. The molecule has 1 aromatic heterocycles. The van der Waals surface area contributed by atoms with Gasteiger partial charge in [0.1, 0.15) is 24.3 Å². The number of benzene rings is 1. The molecule has 134 valence electrons. The molecule has 25 heavy (non-hydrogen) atoms. The first kappa shape index (κ1) is 18.5. The monoisotopic (exact) mass is 345 g/mol. The Hall–Kier alpha value is -2.80. The van der Waals surface area contributed by atoms with E-state index in [1.165, 1.54) is 18.3 Å². The molecule has 0 fully saturated rings. The summed E-state index contributed by atoms with van der Waals surface area (Å²) >= 11 is 0. The number of furan rings is 1. The largest absolute Gasteiger partial charge is 0.495 e. The molecule has 0 radical (unpaired) electrons. The molecule has 0 unspecified atom stereocenters. The number of nitrogens with two attached hydrogens (primary N) is 1. The first-order chi connectivity index (χ1) is 12.1. The van der Waals surface area contributed by atoms with Crippen molar-refractivity contribution in [1.82, 2.24) is 4.90 Å². The van der Waals surface area contributed by atoms with Crippen LogP contribution in [-0.4, -0.2) is 36.9 Å². The minimum atomic E-state index is -0.297. The van der Waals surface area contributed by atoms with Crippen molar-refractivity contribution in [1.29, 1.82) is 0 Å². The first-order valence-electron chi connectivity index (χ1n) is 8.08. The van der Waals surface area contributed by atoms with Gasteiger partial charge in [-0.2, -0.15) is 0 Å². The fourth-order valence-electron chi connectivity index (χ4n) is 2.42. The number of hydrogen-bond donors (Lipinski definition) is 2. The second-order valence-electron chi connectivity index (χ2n) is 5.48. The van der Waals surface area contributed by atoms with Gasteiger partial charge in [0.05, 0.1) is 24.9 Å². The van der Waals surface area contributed by atoms with Crippen LogP contribution < -0.4 is 15.8 Å². The molecule has 2 rings (SSSR count). The quantitative estimate of drug-likeness (QED) is 0.764. The number of nitrogens with one attached hydrogen (secondary N) is 1. The molecule has 0 saturated heterocycles. The zero-order valence-corrected chi connectivity index (χ0v) is 14.5. The topological polar surface area (TPSA) is 97.8 Å². The highest BCUT2D eigenvalue weighted by Gasteiger charge is 2.20. The summed E-state index contributed by atoms with van der Waals surface area (Å²) in [5.74, 6) is 0.527. The lowest BCUT2D eigenvalue weighted by Gasteiger charge is -2.21. The summed E-state index contributed by atoms with van der Waals surface area (Å²) in [5, 5.41) is 2.77. The van der Waals surface area contributed by atoms with Gasteiger partial charge >= 0.3 is 0 Å². The number of amides is 2. The summed E-state index contributed by atoms with van der Waals surface area (Å²) in [4.78, 5) is 26.4. The smallest absolute Gasteiger partial charge is 0.257 e. The maximum absolute atomic E-state index is 12.6. The second-order valence-corrected chi connectivity index (χ2v) is 5.48. The van der Waals surface area contributed by atoms with Gasteiger partial charge in [-0.1, -0.05) is 19.1 Å². The van der Waals surface area contributed by atoms with Crippen LogP contribution in [0.1, 0.15) is 29.5 Å². The Morgan fingerprint density at radius 3 is 2.72 bits per heavy atom. The van der Waals surface area contributed by atoms with Gasteiger partial charge in [-0.3, -0.25) is 9.59 Å². The van der Waals surface area contributed by atoms with Crippen molar-refractivity contribution in [2.45, 2.75) is 19.9 Å². The van der Waals surface area contributed by atoms with Gasteiger partial charge in [-0.25, -0.2) is 0 Å². The van der Waals surface area contributed by atoms with Crippen molar-refractivity contribution in [3.8, 4) is 5.75 Å². The van der Waals surface area contributed by atoms with Crippen molar-refractivity contribution in [3.05, 3.63) is 47.9 Å². The van der Waals surface area contributed by atoms with Crippen LogP contribution in [0.15, 0.2) is 41.0 Å². The number of nitrogens with zero attached hydrogens (tertiary/aromatic N) is 1. The molecular weight excluding hydrogens is 322 g/mol. The van der Waals surface area contributed by atoms with Crippen molar-refractivity contribution in [2.75, 3.05) is 25.5 Å². The summed E-state index contributed by atoms with van der Waals surface area (Å²) in [6.07, 6.45) is 2.10. The van der Waals surface area contributed by atoms with Crippen LogP contribution in [0.5, 0.6) is 5.75 Å². The Labute approximate surface area is 146 Å². The number of rotatable bonds is 8. The average Bonchev–Trinajstić information content (AvgIpc) is 3.10. The van der Waals surface area contributed by atoms with Crippen molar-refractivity contribution in [3.63, 3.8) is 0 Å². The molecule has 0 bridgehead atoms. The number of carbonyl (C=O) groups excluding carboxylic acids is 2. The predicted molar refractivity (Wildman–Crippen MR) is 94.4 cm³/mol. The van der Waals surface area contributed by atoms with Crippen molar-refractivity contribution < 1.29 is 18.7 Å². The molecule has 0 atom stereocenters. The van der Waals surface area contributed by atoms with E-state index in [2.05, 4.69) is 5.32 Å². The molecule has 0 aliphatic carbocycles. The van der Waals surface area contributed by atoms with Crippen LogP contribution >= 0.6 is 0 Å². The van der Waals surface area contributed by atoms with Crippen LogP contribution in [0, 0.1) is 0 Å². The molecular formula is C18H23N3O4. The number of hydrogen-bond acceptors (Lipinski definition) is 5. The standard InChI is InChI=1S/C18H23N3O4/c1-3-8-21(18(23)13-9-14(10-19)25-12-13)11-17(22)20-15-6-4-5-7-16(15)24-2/h4-7,9,12H,3,8,10-11,19H2,1-2H3,(H,20,22). The highest BCUT2D eigenvalue weighted by Crippen LogP contribution is 2.23. The second kappa shape index (κ2) is 8.89. The highest BCUT2D eigenvalue weighted by molar-refractivity contribution is 5.99. The van der Waals surface area contributed by atoms with Gasteiger partial charge in [-0.05, 0) is 24.6 Å². The Balaban J connectivity index is 2.07. The van der Waals surface area contributed by atoms with E-state index in [0.29, 0.717) is 29.3 Å². The van der Waals surface area contributed by atoms with E-state index in [9.17, 15) is 9.59 Å². The van der Waals surface area contributed by atoms with Gasteiger partial charge in [0.15, 0.2) is 0 Å². The predicted octanol–water partition coefficient (Wildman–Crippen LogP) is 2.24. The molecule has 1 aromatic carbocycles. The van der Waals surface area contributed by atoms with Crippen LogP contribution in [-0.2, 0) is 11.3 Å². The normalized spacial score (nSPS) is 10.4. The molecule has 2 aromatic rings. The molecule has 1 heterocycles. The molecule has 0 aliphatic rings. The highest BCUT2D eigenvalue weighted by atomic mass is 16.5. The lowest BCUT2D eigenvalue weighted by atomic mass is 10.2. The lowest BCUT2D eigenvalue weighted by molar-refractivity contribution is -0.116. The molecule has 7 nitrogen and oxygen atoms in total. The van der Waals surface area contributed by atoms with Gasteiger partial charge in [-0.15, -0.1) is 0 Å². The number of carbonyl (C=O) groups is 2. The number of methoxy groups -OCH3 is 1.